The first kappa shape index (κ1) is 24.6. The van der Waals surface area contributed by atoms with Crippen LogP contribution in [0.5, 0.6) is 17.2 Å². The number of ketones is 1. The molecule has 0 spiro atoms. The van der Waals surface area contributed by atoms with Crippen LogP contribution in [0.4, 0.5) is 0 Å². The molecule has 4 rings (SSSR count). The Morgan fingerprint density at radius 2 is 1.83 bits per heavy atom. The molecule has 8 heteroatoms. The van der Waals surface area contributed by atoms with Gasteiger partial charge in [-0.3, -0.25) is 9.59 Å². The fourth-order valence-corrected chi connectivity index (χ4v) is 4.62. The summed E-state index contributed by atoms with van der Waals surface area (Å²) in [5.41, 5.74) is 1.15. The van der Waals surface area contributed by atoms with Crippen LogP contribution in [-0.4, -0.2) is 73.1 Å². The molecule has 2 aliphatic rings. The van der Waals surface area contributed by atoms with E-state index in [0.717, 1.165) is 19.6 Å². The number of likely N-dealkylation sites (tertiary alicyclic amines) is 1. The number of hydrogen-bond donors (Lipinski definition) is 1. The number of rotatable bonds is 9. The third-order valence-corrected chi connectivity index (χ3v) is 6.53. The van der Waals surface area contributed by atoms with Crippen molar-refractivity contribution in [2.45, 2.75) is 26.3 Å². The van der Waals surface area contributed by atoms with Gasteiger partial charge in [0, 0.05) is 12.1 Å². The second-order valence-corrected chi connectivity index (χ2v) is 8.51. The average molecular weight is 481 g/mol. The van der Waals surface area contributed by atoms with E-state index in [2.05, 4.69) is 18.7 Å². The summed E-state index contributed by atoms with van der Waals surface area (Å²) in [6.07, 6.45) is 0.708. The van der Waals surface area contributed by atoms with Gasteiger partial charge in [-0.15, -0.1) is 0 Å². The molecule has 186 valence electrons. The highest BCUT2D eigenvalue weighted by Crippen LogP contribution is 2.41. The lowest BCUT2D eigenvalue weighted by Gasteiger charge is -2.27. The lowest BCUT2D eigenvalue weighted by Crippen LogP contribution is -2.33. The number of ether oxygens (including phenoxy) is 3. The maximum Gasteiger partial charge on any atom is 0.295 e. The van der Waals surface area contributed by atoms with Gasteiger partial charge in [0.25, 0.3) is 11.7 Å². The molecule has 1 amide bonds. The van der Waals surface area contributed by atoms with E-state index < -0.39 is 17.7 Å². The standard InChI is InChI=1S/C27H32N2O6/c1-4-28(5-2)12-7-13-29-24(18-8-6-9-20(16-18)33-3)23(26(31)27(29)32)25(30)19-10-11-21-22(17-19)35-15-14-34-21/h6,8-11,16-17,24,30H,4-5,7,12-15H2,1-3H3/t24-/m1/s1. The van der Waals surface area contributed by atoms with Crippen molar-refractivity contribution in [3.63, 3.8) is 0 Å². The van der Waals surface area contributed by atoms with Crippen LogP contribution < -0.4 is 14.2 Å². The number of fused-ring (bicyclic) bond motifs is 1. The minimum absolute atomic E-state index is 0.0581. The lowest BCUT2D eigenvalue weighted by atomic mass is 9.95. The Labute approximate surface area is 205 Å². The molecular weight excluding hydrogens is 448 g/mol. The van der Waals surface area contributed by atoms with Crippen molar-refractivity contribution < 1.29 is 28.9 Å². The molecule has 0 aromatic heterocycles. The van der Waals surface area contributed by atoms with Crippen LogP contribution in [0.15, 0.2) is 48.0 Å². The number of carbonyl (C=O) groups excluding carboxylic acids is 2. The first-order valence-electron chi connectivity index (χ1n) is 12.0. The van der Waals surface area contributed by atoms with Gasteiger partial charge in [0.1, 0.15) is 24.7 Å². The van der Waals surface area contributed by atoms with E-state index in [1.54, 1.807) is 42.3 Å². The molecule has 1 fully saturated rings. The van der Waals surface area contributed by atoms with Gasteiger partial charge in [-0.2, -0.15) is 0 Å². The zero-order valence-corrected chi connectivity index (χ0v) is 20.5. The predicted molar refractivity (Wildman–Crippen MR) is 132 cm³/mol. The minimum atomic E-state index is -0.727. The molecule has 0 bridgehead atoms. The van der Waals surface area contributed by atoms with Crippen LogP contribution in [0.25, 0.3) is 5.76 Å². The number of aliphatic hydroxyl groups is 1. The Hall–Kier alpha value is -3.52. The lowest BCUT2D eigenvalue weighted by molar-refractivity contribution is -0.140. The Morgan fingerprint density at radius 3 is 2.54 bits per heavy atom. The Balaban J connectivity index is 1.75. The number of benzene rings is 2. The van der Waals surface area contributed by atoms with Gasteiger partial charge >= 0.3 is 0 Å². The van der Waals surface area contributed by atoms with Gasteiger partial charge in [0.15, 0.2) is 11.5 Å². The van der Waals surface area contributed by atoms with E-state index in [1.165, 1.54) is 0 Å². The van der Waals surface area contributed by atoms with Gasteiger partial charge < -0.3 is 29.1 Å². The van der Waals surface area contributed by atoms with Crippen molar-refractivity contribution in [3.8, 4) is 17.2 Å². The zero-order valence-electron chi connectivity index (χ0n) is 20.5. The molecule has 0 radical (unpaired) electrons. The number of hydrogen-bond acceptors (Lipinski definition) is 7. The van der Waals surface area contributed by atoms with Gasteiger partial charge in [-0.25, -0.2) is 0 Å². The number of carbonyl (C=O) groups is 2. The van der Waals surface area contributed by atoms with Crippen LogP contribution >= 0.6 is 0 Å². The number of methoxy groups -OCH3 is 1. The third-order valence-electron chi connectivity index (χ3n) is 6.53. The van der Waals surface area contributed by atoms with E-state index in [9.17, 15) is 14.7 Å². The molecule has 0 saturated carbocycles. The molecule has 0 aliphatic carbocycles. The SMILES string of the molecule is CCN(CC)CCCN1C(=O)C(=O)C(=C(O)c2ccc3c(c2)OCCO3)[C@H]1c1cccc(OC)c1. The molecule has 1 N–H and O–H groups in total. The summed E-state index contributed by atoms with van der Waals surface area (Å²) in [5.74, 6) is 0.125. The van der Waals surface area contributed by atoms with E-state index in [1.807, 2.05) is 12.1 Å². The largest absolute Gasteiger partial charge is 0.507 e. The molecule has 2 heterocycles. The molecule has 8 nitrogen and oxygen atoms in total. The monoisotopic (exact) mass is 480 g/mol. The summed E-state index contributed by atoms with van der Waals surface area (Å²) >= 11 is 0. The van der Waals surface area contributed by atoms with Crippen LogP contribution in [0, 0.1) is 0 Å². The summed E-state index contributed by atoms with van der Waals surface area (Å²) in [6.45, 7) is 8.07. The second-order valence-electron chi connectivity index (χ2n) is 8.51. The van der Waals surface area contributed by atoms with Gasteiger partial charge in [0.05, 0.1) is 18.7 Å². The summed E-state index contributed by atoms with van der Waals surface area (Å²) < 4.78 is 16.6. The number of nitrogens with zero attached hydrogens (tertiary/aromatic N) is 2. The molecule has 2 aromatic carbocycles. The van der Waals surface area contributed by atoms with Crippen molar-refractivity contribution in [2.75, 3.05) is 46.5 Å². The second kappa shape index (κ2) is 10.8. The minimum Gasteiger partial charge on any atom is -0.507 e. The molecule has 0 unspecified atom stereocenters. The first-order chi connectivity index (χ1) is 17.0. The molecule has 1 saturated heterocycles. The smallest absolute Gasteiger partial charge is 0.295 e. The highest BCUT2D eigenvalue weighted by molar-refractivity contribution is 6.46. The highest BCUT2D eigenvalue weighted by Gasteiger charge is 2.46. The maximum absolute atomic E-state index is 13.3. The predicted octanol–water partition coefficient (Wildman–Crippen LogP) is 3.62. The normalized spacial score (nSPS) is 18.9. The van der Waals surface area contributed by atoms with Crippen LogP contribution in [0.1, 0.15) is 37.4 Å². The molecular formula is C27H32N2O6. The van der Waals surface area contributed by atoms with Gasteiger partial charge in [-0.1, -0.05) is 26.0 Å². The number of Topliss-reactive ketones (excluding diaryl/α,β-unsaturated/α-hetero) is 1. The van der Waals surface area contributed by atoms with E-state index in [-0.39, 0.29) is 11.3 Å². The van der Waals surface area contributed by atoms with Crippen LogP contribution in [0.3, 0.4) is 0 Å². The fraction of sp³-hybridized carbons (Fsp3) is 0.407. The molecule has 35 heavy (non-hydrogen) atoms. The number of aliphatic hydroxyl groups excluding tert-OH is 1. The Kier molecular flexibility index (Phi) is 7.60. The van der Waals surface area contributed by atoms with Crippen LogP contribution in [0.2, 0.25) is 0 Å². The quantitative estimate of drug-likeness (QED) is 0.333. The van der Waals surface area contributed by atoms with Crippen molar-refractivity contribution in [1.29, 1.82) is 0 Å². The Morgan fingerprint density at radius 1 is 1.09 bits per heavy atom. The third kappa shape index (κ3) is 4.98. The number of amides is 1. The van der Waals surface area contributed by atoms with Crippen molar-refractivity contribution in [1.82, 2.24) is 9.80 Å². The summed E-state index contributed by atoms with van der Waals surface area (Å²) in [6, 6.07) is 11.5. The van der Waals surface area contributed by atoms with Crippen LogP contribution in [-0.2, 0) is 9.59 Å². The average Bonchev–Trinajstić information content (AvgIpc) is 3.15. The van der Waals surface area contributed by atoms with Crippen molar-refractivity contribution in [3.05, 3.63) is 59.2 Å². The van der Waals surface area contributed by atoms with E-state index in [4.69, 9.17) is 14.2 Å². The fourth-order valence-electron chi connectivity index (χ4n) is 4.62. The van der Waals surface area contributed by atoms with Crippen molar-refractivity contribution in [2.24, 2.45) is 0 Å². The Bertz CT molecular complexity index is 1120. The van der Waals surface area contributed by atoms with Gasteiger partial charge in [0.2, 0.25) is 0 Å². The first-order valence-corrected chi connectivity index (χ1v) is 12.0. The van der Waals surface area contributed by atoms with E-state index >= 15 is 0 Å². The van der Waals surface area contributed by atoms with Crippen molar-refractivity contribution >= 4 is 17.4 Å². The van der Waals surface area contributed by atoms with E-state index in [0.29, 0.717) is 54.6 Å². The summed E-state index contributed by atoms with van der Waals surface area (Å²) in [7, 11) is 1.56. The molecule has 2 aliphatic heterocycles. The molecule has 2 aromatic rings. The topological polar surface area (TPSA) is 88.5 Å². The summed E-state index contributed by atoms with van der Waals surface area (Å²) in [4.78, 5) is 30.3. The zero-order chi connectivity index (χ0) is 24.9. The molecule has 1 atom stereocenters. The highest BCUT2D eigenvalue weighted by atomic mass is 16.6. The van der Waals surface area contributed by atoms with Gasteiger partial charge in [-0.05, 0) is 62.0 Å². The maximum atomic E-state index is 13.3. The summed E-state index contributed by atoms with van der Waals surface area (Å²) in [5, 5.41) is 11.3.